The lowest BCUT2D eigenvalue weighted by atomic mass is 10.1. The van der Waals surface area contributed by atoms with Crippen molar-refractivity contribution >= 4 is 11.8 Å². The van der Waals surface area contributed by atoms with Gasteiger partial charge in [0, 0.05) is 6.42 Å². The molecular formula is C15H18N4S. The molecule has 1 heterocycles. The highest BCUT2D eigenvalue weighted by atomic mass is 32.2. The average Bonchev–Trinajstić information content (AvgIpc) is 2.88. The van der Waals surface area contributed by atoms with Gasteiger partial charge in [0.25, 0.3) is 0 Å². The number of hydrogen-bond acceptors (Lipinski definition) is 4. The maximum Gasteiger partial charge on any atom is 0.209 e. The lowest BCUT2D eigenvalue weighted by Gasteiger charge is -2.06. The Morgan fingerprint density at radius 1 is 1.35 bits per heavy atom. The van der Waals surface area contributed by atoms with Gasteiger partial charge in [-0.1, -0.05) is 48.5 Å². The highest BCUT2D eigenvalue weighted by Gasteiger charge is 2.14. The van der Waals surface area contributed by atoms with Crippen molar-refractivity contribution in [3.63, 3.8) is 0 Å². The van der Waals surface area contributed by atoms with Crippen LogP contribution < -0.4 is 0 Å². The first-order valence-electron chi connectivity index (χ1n) is 6.74. The van der Waals surface area contributed by atoms with Crippen molar-refractivity contribution in [2.24, 2.45) is 0 Å². The number of aromatic nitrogens is 3. The van der Waals surface area contributed by atoms with Gasteiger partial charge in [0.1, 0.15) is 11.1 Å². The average molecular weight is 286 g/mol. The van der Waals surface area contributed by atoms with E-state index in [9.17, 15) is 5.26 Å². The van der Waals surface area contributed by atoms with Crippen LogP contribution in [0.25, 0.3) is 0 Å². The van der Waals surface area contributed by atoms with Crippen LogP contribution >= 0.6 is 11.8 Å². The summed E-state index contributed by atoms with van der Waals surface area (Å²) < 4.78 is 0. The molecule has 0 aliphatic heterocycles. The Bertz CT molecular complexity index is 583. The van der Waals surface area contributed by atoms with Crippen LogP contribution in [0.15, 0.2) is 29.4 Å². The molecule has 1 unspecified atom stereocenters. The van der Waals surface area contributed by atoms with E-state index in [1.807, 2.05) is 0 Å². The third-order valence-electron chi connectivity index (χ3n) is 2.93. The molecule has 0 aliphatic rings. The van der Waals surface area contributed by atoms with Crippen LogP contribution in [0.4, 0.5) is 0 Å². The molecule has 0 saturated heterocycles. The van der Waals surface area contributed by atoms with Gasteiger partial charge in [-0.3, -0.25) is 5.10 Å². The molecule has 2 aromatic rings. The maximum absolute atomic E-state index is 9.28. The molecule has 1 aromatic heterocycles. The highest BCUT2D eigenvalue weighted by Crippen LogP contribution is 2.22. The molecule has 1 aromatic carbocycles. The standard InChI is InChI=1S/C15H18N4S/c1-3-4-14-17-15(19-18-14)20-13(10-16)9-12-7-5-11(2)6-8-12/h5-8,13H,3-4,9H2,1-2H3,(H,17,18,19). The van der Waals surface area contributed by atoms with E-state index in [0.717, 1.165) is 18.7 Å². The number of thioether (sulfide) groups is 1. The quantitative estimate of drug-likeness (QED) is 0.827. The first kappa shape index (κ1) is 14.6. The largest absolute Gasteiger partial charge is 0.262 e. The zero-order valence-corrected chi connectivity index (χ0v) is 12.6. The maximum atomic E-state index is 9.28. The third kappa shape index (κ3) is 4.10. The SMILES string of the molecule is CCCc1nc(SC(C#N)Cc2ccc(C)cc2)n[nH]1. The van der Waals surface area contributed by atoms with Crippen LogP contribution in [-0.4, -0.2) is 20.4 Å². The first-order valence-corrected chi connectivity index (χ1v) is 7.62. The van der Waals surface area contributed by atoms with E-state index in [-0.39, 0.29) is 5.25 Å². The summed E-state index contributed by atoms with van der Waals surface area (Å²) in [5.41, 5.74) is 2.40. The van der Waals surface area contributed by atoms with Gasteiger partial charge in [0.2, 0.25) is 5.16 Å². The number of nitrogens with one attached hydrogen (secondary N) is 1. The van der Waals surface area contributed by atoms with E-state index >= 15 is 0 Å². The van der Waals surface area contributed by atoms with Gasteiger partial charge < -0.3 is 0 Å². The van der Waals surface area contributed by atoms with Gasteiger partial charge >= 0.3 is 0 Å². The molecule has 104 valence electrons. The molecule has 20 heavy (non-hydrogen) atoms. The Morgan fingerprint density at radius 3 is 2.75 bits per heavy atom. The minimum atomic E-state index is -0.164. The van der Waals surface area contributed by atoms with Gasteiger partial charge in [-0.2, -0.15) is 5.26 Å². The predicted octanol–water partition coefficient (Wildman–Crippen LogP) is 3.29. The lowest BCUT2D eigenvalue weighted by Crippen LogP contribution is -2.04. The van der Waals surface area contributed by atoms with Gasteiger partial charge in [0.05, 0.1) is 6.07 Å². The molecule has 4 nitrogen and oxygen atoms in total. The first-order chi connectivity index (χ1) is 9.71. The Hall–Kier alpha value is -1.80. The predicted molar refractivity (Wildman–Crippen MR) is 80.5 cm³/mol. The summed E-state index contributed by atoms with van der Waals surface area (Å²) in [5, 5.41) is 16.8. The molecule has 0 amide bonds. The van der Waals surface area contributed by atoms with Gasteiger partial charge in [-0.15, -0.1) is 5.10 Å². The highest BCUT2D eigenvalue weighted by molar-refractivity contribution is 8.00. The zero-order chi connectivity index (χ0) is 14.4. The van der Waals surface area contributed by atoms with Crippen LogP contribution in [0.5, 0.6) is 0 Å². The molecule has 0 fully saturated rings. The molecule has 0 radical (unpaired) electrons. The second kappa shape index (κ2) is 7.11. The van der Waals surface area contributed by atoms with E-state index in [4.69, 9.17) is 0 Å². The number of benzene rings is 1. The Balaban J connectivity index is 1.98. The minimum Gasteiger partial charge on any atom is -0.262 e. The van der Waals surface area contributed by atoms with Gasteiger partial charge in [-0.25, -0.2) is 4.98 Å². The number of hydrogen-bond donors (Lipinski definition) is 1. The lowest BCUT2D eigenvalue weighted by molar-refractivity contribution is 0.840. The molecule has 1 atom stereocenters. The van der Waals surface area contributed by atoms with Crippen molar-refractivity contribution in [3.05, 3.63) is 41.2 Å². The fraction of sp³-hybridized carbons (Fsp3) is 0.400. The van der Waals surface area contributed by atoms with E-state index in [2.05, 4.69) is 59.4 Å². The summed E-state index contributed by atoms with van der Waals surface area (Å²) in [4.78, 5) is 4.39. The summed E-state index contributed by atoms with van der Waals surface area (Å²) in [6.45, 7) is 4.16. The van der Waals surface area contributed by atoms with Crippen molar-refractivity contribution < 1.29 is 0 Å². The molecular weight excluding hydrogens is 268 g/mol. The number of nitrogens with zero attached hydrogens (tertiary/aromatic N) is 3. The molecule has 2 rings (SSSR count). The van der Waals surface area contributed by atoms with E-state index in [1.165, 1.54) is 22.9 Å². The van der Waals surface area contributed by atoms with Crippen LogP contribution in [0.3, 0.4) is 0 Å². The summed E-state index contributed by atoms with van der Waals surface area (Å²) in [5.74, 6) is 0.891. The number of rotatable bonds is 6. The van der Waals surface area contributed by atoms with Crippen LogP contribution in [-0.2, 0) is 12.8 Å². The second-order valence-corrected chi connectivity index (χ2v) is 5.91. The second-order valence-electron chi connectivity index (χ2n) is 4.74. The fourth-order valence-corrected chi connectivity index (χ4v) is 2.70. The number of nitriles is 1. The monoisotopic (exact) mass is 286 g/mol. The van der Waals surface area contributed by atoms with Gasteiger partial charge in [-0.05, 0) is 25.3 Å². The third-order valence-corrected chi connectivity index (χ3v) is 3.88. The van der Waals surface area contributed by atoms with Gasteiger partial charge in [0.15, 0.2) is 0 Å². The number of aromatic amines is 1. The van der Waals surface area contributed by atoms with Crippen molar-refractivity contribution in [3.8, 4) is 6.07 Å². The molecule has 0 bridgehead atoms. The van der Waals surface area contributed by atoms with Crippen molar-refractivity contribution in [2.45, 2.75) is 43.5 Å². The topological polar surface area (TPSA) is 65.4 Å². The molecule has 1 N–H and O–H groups in total. The van der Waals surface area contributed by atoms with E-state index < -0.39 is 0 Å². The minimum absolute atomic E-state index is 0.164. The zero-order valence-electron chi connectivity index (χ0n) is 11.8. The summed E-state index contributed by atoms with van der Waals surface area (Å²) in [7, 11) is 0. The Morgan fingerprint density at radius 2 is 2.10 bits per heavy atom. The Kier molecular flexibility index (Phi) is 5.19. The Labute approximate surface area is 123 Å². The van der Waals surface area contributed by atoms with Crippen LogP contribution in [0.1, 0.15) is 30.3 Å². The van der Waals surface area contributed by atoms with Crippen LogP contribution in [0, 0.1) is 18.3 Å². The summed E-state index contributed by atoms with van der Waals surface area (Å²) >= 11 is 1.42. The number of H-pyrrole nitrogens is 1. The van der Waals surface area contributed by atoms with Crippen molar-refractivity contribution in [1.82, 2.24) is 15.2 Å². The fourth-order valence-electron chi connectivity index (χ4n) is 1.86. The van der Waals surface area contributed by atoms with Crippen LogP contribution in [0.2, 0.25) is 0 Å². The van der Waals surface area contributed by atoms with E-state index in [1.54, 1.807) is 0 Å². The van der Waals surface area contributed by atoms with Crippen molar-refractivity contribution in [1.29, 1.82) is 5.26 Å². The van der Waals surface area contributed by atoms with E-state index in [0.29, 0.717) is 11.6 Å². The summed E-state index contributed by atoms with van der Waals surface area (Å²) in [6.07, 6.45) is 2.63. The molecule has 5 heteroatoms. The normalized spacial score (nSPS) is 12.1. The molecule has 0 aliphatic carbocycles. The number of aryl methyl sites for hydroxylation is 2. The smallest absolute Gasteiger partial charge is 0.209 e. The van der Waals surface area contributed by atoms with Crippen molar-refractivity contribution in [2.75, 3.05) is 0 Å². The molecule has 0 saturated carbocycles. The summed E-state index contributed by atoms with van der Waals surface area (Å²) in [6, 6.07) is 10.6. The molecule has 0 spiro atoms.